The molecule has 0 aliphatic rings. The summed E-state index contributed by atoms with van der Waals surface area (Å²) < 4.78 is 5.89. The van der Waals surface area contributed by atoms with Gasteiger partial charge in [0.1, 0.15) is 17.4 Å². The minimum absolute atomic E-state index is 0.0132. The highest BCUT2D eigenvalue weighted by molar-refractivity contribution is 5.92. The number of hydrogen-bond acceptors (Lipinski definition) is 4. The predicted molar refractivity (Wildman–Crippen MR) is 132 cm³/mol. The van der Waals surface area contributed by atoms with Crippen molar-refractivity contribution in [1.29, 1.82) is 5.26 Å². The molecule has 3 rings (SSSR count). The molecule has 0 unspecified atom stereocenters. The first-order valence-corrected chi connectivity index (χ1v) is 11.5. The Morgan fingerprint density at radius 3 is 2.27 bits per heavy atom. The molecule has 0 saturated carbocycles. The number of nitrogens with one attached hydrogen (secondary N) is 1. The lowest BCUT2D eigenvalue weighted by Gasteiger charge is -2.14. The second kappa shape index (κ2) is 11.3. The van der Waals surface area contributed by atoms with Crippen LogP contribution < -0.4 is 10.1 Å². The summed E-state index contributed by atoms with van der Waals surface area (Å²) in [5.41, 5.74) is 5.61. The van der Waals surface area contributed by atoms with Crippen LogP contribution in [0.5, 0.6) is 11.6 Å². The molecule has 1 amide bonds. The summed E-state index contributed by atoms with van der Waals surface area (Å²) in [5, 5.41) is 12.5. The van der Waals surface area contributed by atoms with Crippen LogP contribution in [-0.2, 0) is 24.1 Å². The van der Waals surface area contributed by atoms with Crippen molar-refractivity contribution >= 4 is 11.6 Å². The number of aromatic nitrogens is 1. The van der Waals surface area contributed by atoms with Crippen LogP contribution in [0.4, 0.5) is 5.69 Å². The van der Waals surface area contributed by atoms with Crippen LogP contribution in [0, 0.1) is 11.3 Å². The lowest BCUT2D eigenvalue weighted by molar-refractivity contribution is -0.116. The minimum Gasteiger partial charge on any atom is -0.438 e. The Morgan fingerprint density at radius 2 is 1.70 bits per heavy atom. The molecule has 1 N–H and O–H groups in total. The SMILES string of the molecule is CCc1cccc(CC)c1NC(=O)CCc1ccc(Oc2nc(C(C)C)ccc2C#N)cc1. The maximum Gasteiger partial charge on any atom is 0.237 e. The van der Waals surface area contributed by atoms with Crippen LogP contribution in [0.25, 0.3) is 0 Å². The Kier molecular flexibility index (Phi) is 8.21. The van der Waals surface area contributed by atoms with Gasteiger partial charge in [-0.3, -0.25) is 4.79 Å². The van der Waals surface area contributed by atoms with Crippen LogP contribution >= 0.6 is 0 Å². The molecular formula is C28H31N3O2. The Hall–Kier alpha value is -3.65. The molecule has 0 bridgehead atoms. The quantitative estimate of drug-likeness (QED) is 0.408. The monoisotopic (exact) mass is 441 g/mol. The summed E-state index contributed by atoms with van der Waals surface area (Å²) in [6, 6.07) is 19.5. The Bertz CT molecular complexity index is 1120. The molecule has 170 valence electrons. The first-order chi connectivity index (χ1) is 15.9. The van der Waals surface area contributed by atoms with E-state index in [1.54, 1.807) is 6.07 Å². The highest BCUT2D eigenvalue weighted by Gasteiger charge is 2.12. The number of anilines is 1. The molecule has 3 aromatic rings. The molecule has 1 aromatic heterocycles. The number of amides is 1. The fourth-order valence-corrected chi connectivity index (χ4v) is 3.64. The van der Waals surface area contributed by atoms with E-state index in [0.29, 0.717) is 30.0 Å². The smallest absolute Gasteiger partial charge is 0.237 e. The predicted octanol–water partition coefficient (Wildman–Crippen LogP) is 6.57. The molecular weight excluding hydrogens is 410 g/mol. The second-order valence-electron chi connectivity index (χ2n) is 8.31. The Labute approximate surface area is 196 Å². The summed E-state index contributed by atoms with van der Waals surface area (Å²) in [7, 11) is 0. The van der Waals surface area contributed by atoms with Crippen molar-refractivity contribution in [1.82, 2.24) is 4.98 Å². The average Bonchev–Trinajstić information content (AvgIpc) is 2.83. The molecule has 0 radical (unpaired) electrons. The van der Waals surface area contributed by atoms with Crippen molar-refractivity contribution in [3.05, 3.63) is 82.5 Å². The van der Waals surface area contributed by atoms with E-state index in [9.17, 15) is 10.1 Å². The molecule has 2 aromatic carbocycles. The summed E-state index contributed by atoms with van der Waals surface area (Å²) in [6.45, 7) is 8.30. The number of pyridine rings is 1. The molecule has 0 spiro atoms. The van der Waals surface area contributed by atoms with Crippen LogP contribution in [0.3, 0.4) is 0 Å². The van der Waals surface area contributed by atoms with Crippen molar-refractivity contribution in [2.75, 3.05) is 5.32 Å². The zero-order valence-corrected chi connectivity index (χ0v) is 19.8. The van der Waals surface area contributed by atoms with Gasteiger partial charge in [-0.05, 0) is 66.1 Å². The van der Waals surface area contributed by atoms with E-state index < -0.39 is 0 Å². The normalized spacial score (nSPS) is 10.7. The van der Waals surface area contributed by atoms with Crippen molar-refractivity contribution in [3.63, 3.8) is 0 Å². The number of rotatable bonds is 9. The molecule has 0 aliphatic heterocycles. The minimum atomic E-state index is 0.0132. The average molecular weight is 442 g/mol. The summed E-state index contributed by atoms with van der Waals surface area (Å²) in [5.74, 6) is 1.18. The number of benzene rings is 2. The van der Waals surface area contributed by atoms with Gasteiger partial charge in [-0.15, -0.1) is 0 Å². The molecule has 0 aliphatic carbocycles. The van der Waals surface area contributed by atoms with E-state index in [-0.39, 0.29) is 11.8 Å². The van der Waals surface area contributed by atoms with E-state index >= 15 is 0 Å². The van der Waals surface area contributed by atoms with Crippen molar-refractivity contribution in [2.24, 2.45) is 0 Å². The lowest BCUT2D eigenvalue weighted by atomic mass is 10.0. The van der Waals surface area contributed by atoms with Gasteiger partial charge in [0.15, 0.2) is 0 Å². The zero-order chi connectivity index (χ0) is 23.8. The van der Waals surface area contributed by atoms with Crippen LogP contribution in [0.2, 0.25) is 0 Å². The van der Waals surface area contributed by atoms with Crippen LogP contribution in [0.15, 0.2) is 54.6 Å². The number of hydrogen-bond donors (Lipinski definition) is 1. The molecule has 5 nitrogen and oxygen atoms in total. The third-order valence-electron chi connectivity index (χ3n) is 5.64. The highest BCUT2D eigenvalue weighted by atomic mass is 16.5. The zero-order valence-electron chi connectivity index (χ0n) is 19.8. The standard InChI is InChI=1S/C28H31N3O2/c1-5-21-8-7-9-22(6-2)27(21)31-26(32)17-12-20-10-14-24(15-11-20)33-28-23(18-29)13-16-25(30-28)19(3)4/h7-11,13-16,19H,5-6,12,17H2,1-4H3,(H,31,32). The topological polar surface area (TPSA) is 75.0 Å². The van der Waals surface area contributed by atoms with Gasteiger partial charge in [0, 0.05) is 17.8 Å². The first kappa shape index (κ1) is 24.0. The van der Waals surface area contributed by atoms with Crippen LogP contribution in [0.1, 0.15) is 68.0 Å². The fraction of sp³-hybridized carbons (Fsp3) is 0.321. The molecule has 0 saturated heterocycles. The summed E-state index contributed by atoms with van der Waals surface area (Å²) >= 11 is 0. The van der Waals surface area contributed by atoms with Crippen molar-refractivity contribution in [2.45, 2.75) is 59.3 Å². The number of nitriles is 1. The van der Waals surface area contributed by atoms with Crippen molar-refractivity contribution < 1.29 is 9.53 Å². The van der Waals surface area contributed by atoms with E-state index in [2.05, 4.69) is 42.4 Å². The number of para-hydroxylation sites is 1. The molecule has 1 heterocycles. The number of nitrogens with zero attached hydrogens (tertiary/aromatic N) is 2. The number of carbonyl (C=O) groups excluding carboxylic acids is 1. The lowest BCUT2D eigenvalue weighted by Crippen LogP contribution is -2.15. The van der Waals surface area contributed by atoms with Gasteiger partial charge in [-0.1, -0.05) is 58.0 Å². The fourth-order valence-electron chi connectivity index (χ4n) is 3.64. The van der Waals surface area contributed by atoms with Crippen molar-refractivity contribution in [3.8, 4) is 17.7 Å². The Morgan fingerprint density at radius 1 is 1.03 bits per heavy atom. The van der Waals surface area contributed by atoms with E-state index in [1.807, 2.05) is 50.2 Å². The van der Waals surface area contributed by atoms with Gasteiger partial charge in [0.05, 0.1) is 0 Å². The van der Waals surface area contributed by atoms with Crippen LogP contribution in [-0.4, -0.2) is 10.9 Å². The molecule has 5 heteroatoms. The Balaban J connectivity index is 1.63. The maximum absolute atomic E-state index is 12.6. The van der Waals surface area contributed by atoms with E-state index in [4.69, 9.17) is 4.74 Å². The first-order valence-electron chi connectivity index (χ1n) is 11.5. The molecule has 0 fully saturated rings. The van der Waals surface area contributed by atoms with Gasteiger partial charge in [0.25, 0.3) is 0 Å². The largest absolute Gasteiger partial charge is 0.438 e. The third kappa shape index (κ3) is 6.20. The van der Waals surface area contributed by atoms with Gasteiger partial charge in [-0.25, -0.2) is 4.98 Å². The van der Waals surface area contributed by atoms with Gasteiger partial charge < -0.3 is 10.1 Å². The highest BCUT2D eigenvalue weighted by Crippen LogP contribution is 2.26. The van der Waals surface area contributed by atoms with Gasteiger partial charge in [-0.2, -0.15) is 5.26 Å². The summed E-state index contributed by atoms with van der Waals surface area (Å²) in [4.78, 5) is 17.1. The van der Waals surface area contributed by atoms with E-state index in [1.165, 1.54) is 0 Å². The second-order valence-corrected chi connectivity index (χ2v) is 8.31. The van der Waals surface area contributed by atoms with Gasteiger partial charge >= 0.3 is 0 Å². The number of ether oxygens (including phenoxy) is 1. The van der Waals surface area contributed by atoms with E-state index in [0.717, 1.165) is 40.9 Å². The van der Waals surface area contributed by atoms with Gasteiger partial charge in [0.2, 0.25) is 11.8 Å². The molecule has 0 atom stereocenters. The number of carbonyl (C=O) groups is 1. The number of aryl methyl sites for hydroxylation is 3. The maximum atomic E-state index is 12.6. The summed E-state index contributed by atoms with van der Waals surface area (Å²) in [6.07, 6.45) is 2.80. The third-order valence-corrected chi connectivity index (χ3v) is 5.64. The molecule has 33 heavy (non-hydrogen) atoms.